The Balaban J connectivity index is 1.80. The predicted octanol–water partition coefficient (Wildman–Crippen LogP) is 4.52. The molecule has 4 unspecified atom stereocenters. The quantitative estimate of drug-likeness (QED) is 0.356. The van der Waals surface area contributed by atoms with Crippen LogP contribution < -0.4 is 16.0 Å². The highest BCUT2D eigenvalue weighted by Crippen LogP contribution is 2.54. The maximum Gasteiger partial charge on any atom is 0.147 e. The molecule has 5 heterocycles. The van der Waals surface area contributed by atoms with Gasteiger partial charge in [0.2, 0.25) is 0 Å². The minimum Gasteiger partial charge on any atom is -0.355 e. The lowest BCUT2D eigenvalue weighted by Crippen LogP contribution is -2.60. The van der Waals surface area contributed by atoms with E-state index in [1.807, 2.05) is 24.3 Å². The van der Waals surface area contributed by atoms with Crippen LogP contribution in [0.4, 0.5) is 0 Å². The van der Waals surface area contributed by atoms with Crippen LogP contribution in [-0.4, -0.2) is 73.9 Å². The highest BCUT2D eigenvalue weighted by molar-refractivity contribution is 7.90. The van der Waals surface area contributed by atoms with Crippen molar-refractivity contribution in [3.63, 3.8) is 0 Å². The minimum absolute atomic E-state index is 0.0690. The number of hydrogen-bond acceptors (Lipinski definition) is 7. The number of nitrogens with zero attached hydrogens (tertiary/aromatic N) is 2. The Morgan fingerprint density at radius 1 is 0.913 bits per heavy atom. The maximum absolute atomic E-state index is 12.4. The van der Waals surface area contributed by atoms with Gasteiger partial charge in [-0.3, -0.25) is 10.3 Å². The van der Waals surface area contributed by atoms with Gasteiger partial charge in [-0.05, 0) is 119 Å². The summed E-state index contributed by atoms with van der Waals surface area (Å²) in [4.78, 5) is 14.1. The molecule has 10 heteroatoms. The Morgan fingerprint density at radius 3 is 2.20 bits per heavy atom. The molecule has 8 nitrogen and oxygen atoms in total. The number of fused-ring (bicyclic) bond motifs is 6. The van der Waals surface area contributed by atoms with Crippen LogP contribution in [0.1, 0.15) is 80.1 Å². The number of aromatic nitrogens is 1. The number of aromatic amines is 1. The summed E-state index contributed by atoms with van der Waals surface area (Å²) in [5.41, 5.74) is 5.77. The predicted molar refractivity (Wildman–Crippen MR) is 191 cm³/mol. The van der Waals surface area contributed by atoms with Gasteiger partial charge in [0.25, 0.3) is 0 Å². The van der Waals surface area contributed by atoms with E-state index in [9.17, 15) is 16.8 Å². The van der Waals surface area contributed by atoms with Gasteiger partial charge in [0, 0.05) is 40.4 Å². The zero-order chi connectivity index (χ0) is 33.7. The van der Waals surface area contributed by atoms with Crippen molar-refractivity contribution >= 4 is 43.2 Å². The summed E-state index contributed by atoms with van der Waals surface area (Å²) < 4.78 is 49.3. The number of rotatable bonds is 10. The smallest absolute Gasteiger partial charge is 0.147 e. The van der Waals surface area contributed by atoms with E-state index in [2.05, 4.69) is 70.1 Å². The molecule has 0 amide bonds. The van der Waals surface area contributed by atoms with Gasteiger partial charge in [-0.1, -0.05) is 26.3 Å². The molecule has 5 rings (SSSR count). The van der Waals surface area contributed by atoms with Gasteiger partial charge in [0.05, 0.1) is 34.0 Å². The van der Waals surface area contributed by atoms with Crippen molar-refractivity contribution in [1.82, 2.24) is 10.3 Å². The molecule has 0 spiro atoms. The van der Waals surface area contributed by atoms with Crippen LogP contribution in [0.25, 0.3) is 12.2 Å². The first-order chi connectivity index (χ1) is 21.5. The van der Waals surface area contributed by atoms with E-state index in [1.54, 1.807) is 0 Å². The zero-order valence-corrected chi connectivity index (χ0v) is 30.3. The molecule has 2 N–H and O–H groups in total. The third kappa shape index (κ3) is 6.49. The van der Waals surface area contributed by atoms with Crippen molar-refractivity contribution in [2.45, 2.75) is 96.7 Å². The van der Waals surface area contributed by atoms with E-state index < -0.39 is 36.3 Å². The fourth-order valence-corrected chi connectivity index (χ4v) is 9.93. The summed E-state index contributed by atoms with van der Waals surface area (Å²) in [6.07, 6.45) is 16.7. The van der Waals surface area contributed by atoms with Crippen molar-refractivity contribution in [2.24, 2.45) is 15.9 Å². The van der Waals surface area contributed by atoms with E-state index in [-0.39, 0.29) is 17.4 Å². The molecule has 8 bridgehead atoms. The molecule has 0 aliphatic carbocycles. The lowest BCUT2D eigenvalue weighted by Gasteiger charge is -2.48. The number of nitrogens with one attached hydrogen (secondary N) is 2. The number of allylic oxidation sites excluding steroid dienone is 3. The van der Waals surface area contributed by atoms with E-state index >= 15 is 0 Å². The van der Waals surface area contributed by atoms with Crippen LogP contribution in [0, 0.1) is 5.92 Å². The molecule has 0 saturated carbocycles. The molecular formula is C36H50N4O4S2. The van der Waals surface area contributed by atoms with Crippen molar-refractivity contribution in [2.75, 3.05) is 24.0 Å². The fraction of sp³-hybridized carbons (Fsp3) is 0.556. The summed E-state index contributed by atoms with van der Waals surface area (Å²) >= 11 is 0. The average molecular weight is 667 g/mol. The maximum atomic E-state index is 12.4. The van der Waals surface area contributed by atoms with Crippen LogP contribution >= 0.6 is 0 Å². The number of H-pyrrole nitrogens is 1. The van der Waals surface area contributed by atoms with E-state index in [4.69, 9.17) is 9.98 Å². The first-order valence-electron chi connectivity index (χ1n) is 16.5. The third-order valence-corrected chi connectivity index (χ3v) is 12.8. The molecule has 0 radical (unpaired) electrons. The highest BCUT2D eigenvalue weighted by atomic mass is 32.2. The van der Waals surface area contributed by atoms with Crippen LogP contribution in [0.2, 0.25) is 0 Å². The fourth-order valence-electron chi connectivity index (χ4n) is 8.59. The average Bonchev–Trinajstić information content (AvgIpc) is 3.69. The van der Waals surface area contributed by atoms with E-state index in [1.165, 1.54) is 23.7 Å². The topological polar surface area (TPSA) is 121 Å². The van der Waals surface area contributed by atoms with Crippen molar-refractivity contribution in [1.29, 1.82) is 0 Å². The highest BCUT2D eigenvalue weighted by Gasteiger charge is 2.57. The Bertz CT molecular complexity index is 1960. The summed E-state index contributed by atoms with van der Waals surface area (Å²) in [5.74, 6) is 0.0722. The van der Waals surface area contributed by atoms with E-state index in [0.717, 1.165) is 51.8 Å². The molecule has 0 fully saturated rings. The molecule has 250 valence electrons. The van der Waals surface area contributed by atoms with Gasteiger partial charge in [0.15, 0.2) is 0 Å². The Kier molecular flexibility index (Phi) is 9.25. The second-order valence-corrected chi connectivity index (χ2v) is 18.4. The molecule has 4 aliphatic rings. The monoisotopic (exact) mass is 666 g/mol. The Morgan fingerprint density at radius 2 is 1.57 bits per heavy atom. The van der Waals surface area contributed by atoms with Crippen LogP contribution in [0.3, 0.4) is 0 Å². The van der Waals surface area contributed by atoms with Gasteiger partial charge in [0.1, 0.15) is 19.7 Å². The lowest BCUT2D eigenvalue weighted by molar-refractivity contribution is 0.166. The number of aliphatic imine (C=N–C) groups is 2. The second-order valence-electron chi connectivity index (χ2n) is 13.9. The van der Waals surface area contributed by atoms with Crippen LogP contribution in [0.5, 0.6) is 0 Å². The molecule has 1 aromatic heterocycles. The van der Waals surface area contributed by atoms with Gasteiger partial charge in [-0.15, -0.1) is 0 Å². The first-order valence-corrected chi connectivity index (χ1v) is 20.6. The number of hydrogen-bond donors (Lipinski definition) is 2. The second kappa shape index (κ2) is 12.3. The summed E-state index contributed by atoms with van der Waals surface area (Å²) in [7, 11) is -6.36. The normalized spacial score (nSPS) is 29.5. The molecule has 1 aromatic rings. The van der Waals surface area contributed by atoms with Gasteiger partial charge < -0.3 is 4.98 Å². The first kappa shape index (κ1) is 34.5. The number of sulfone groups is 2. The molecule has 0 aromatic carbocycles. The molecule has 4 atom stereocenters. The Labute approximate surface area is 275 Å². The summed E-state index contributed by atoms with van der Waals surface area (Å²) in [5, 5.41) is 5.98. The molecular weight excluding hydrogens is 617 g/mol. The summed E-state index contributed by atoms with van der Waals surface area (Å²) in [6.45, 7) is 13.3. The van der Waals surface area contributed by atoms with Crippen molar-refractivity contribution < 1.29 is 16.8 Å². The molecule has 4 aliphatic heterocycles. The SMILES string of the molecule is CCC1=C(C)C2(CC)NC1(C)C=C1C=CC(=N1)C=c1ccc([nH]1)=CC1=NC(CCCS(C)(=O)=O)(C(CCCS(C)(=O)=O)=C1C)C2C. The van der Waals surface area contributed by atoms with Gasteiger partial charge >= 0.3 is 0 Å². The van der Waals surface area contributed by atoms with Crippen molar-refractivity contribution in [3.05, 3.63) is 69.0 Å². The van der Waals surface area contributed by atoms with Crippen LogP contribution in [0.15, 0.2) is 68.3 Å². The van der Waals surface area contributed by atoms with E-state index in [0.29, 0.717) is 25.7 Å². The lowest BCUT2D eigenvalue weighted by atomic mass is 9.63. The van der Waals surface area contributed by atoms with Crippen LogP contribution in [-0.2, 0) is 19.7 Å². The zero-order valence-electron chi connectivity index (χ0n) is 28.6. The van der Waals surface area contributed by atoms with Gasteiger partial charge in [-0.2, -0.15) is 0 Å². The minimum atomic E-state index is -3.20. The largest absolute Gasteiger partial charge is 0.355 e. The summed E-state index contributed by atoms with van der Waals surface area (Å²) in [6, 6.07) is 4.06. The Hall–Kier alpha value is -2.82. The van der Waals surface area contributed by atoms with Gasteiger partial charge in [-0.25, -0.2) is 21.8 Å². The van der Waals surface area contributed by atoms with Crippen molar-refractivity contribution in [3.8, 4) is 0 Å². The third-order valence-electron chi connectivity index (χ3n) is 10.7. The standard InChI is InChI=1S/C36H50N4O4S2/c1-9-31-25(4)35(10-2)26(5)36(18-12-20-46(8,43)44)32(13-11-19-45(7,41)42)24(3)33(39-36)22-29-15-14-27(37-29)21-28-16-17-30(38-28)23-34(31,6)40-35/h14-17,21-23,26,37,40H,9-13,18-20H2,1-8H3. The molecule has 0 saturated heterocycles. The molecule has 46 heavy (non-hydrogen) atoms.